The number of hydrogen-bond acceptors (Lipinski definition) is 5. The van der Waals surface area contributed by atoms with Gasteiger partial charge in [0.2, 0.25) is 0 Å². The van der Waals surface area contributed by atoms with Crippen LogP contribution in [0.4, 0.5) is 13.2 Å². The molecule has 1 amide bonds. The fraction of sp³-hybridized carbons (Fsp3) is 0.400. The largest absolute Gasteiger partial charge is 0.471 e. The smallest absolute Gasteiger partial charge is 0.325 e. The third kappa shape index (κ3) is 3.24. The number of ketones is 1. The number of carbonyl (C=O) groups excluding carboxylic acids is 2. The van der Waals surface area contributed by atoms with E-state index < -0.39 is 36.0 Å². The van der Waals surface area contributed by atoms with E-state index in [9.17, 15) is 27.6 Å². The van der Waals surface area contributed by atoms with Crippen molar-refractivity contribution in [2.24, 2.45) is 0 Å². The van der Waals surface area contributed by atoms with Crippen LogP contribution < -0.4 is 5.56 Å². The van der Waals surface area contributed by atoms with Crippen LogP contribution in [-0.2, 0) is 16.1 Å². The zero-order valence-corrected chi connectivity index (χ0v) is 12.9. The summed E-state index contributed by atoms with van der Waals surface area (Å²) in [6, 6.07) is 0.259. The molecule has 0 bridgehead atoms. The number of halogens is 3. The third-order valence-electron chi connectivity index (χ3n) is 4.08. The number of pyridine rings is 1. The van der Waals surface area contributed by atoms with Gasteiger partial charge in [-0.2, -0.15) is 13.2 Å². The molecule has 3 rings (SSSR count). The van der Waals surface area contributed by atoms with E-state index in [0.717, 1.165) is 10.9 Å². The van der Waals surface area contributed by atoms with Crippen molar-refractivity contribution < 1.29 is 22.8 Å². The Bertz CT molecular complexity index is 893. The van der Waals surface area contributed by atoms with E-state index in [-0.39, 0.29) is 18.4 Å². The second-order valence-electron chi connectivity index (χ2n) is 5.69. The number of alkyl halides is 3. The SMILES string of the molecule is O=C(Cn1cnc2cnccc2c1=O)[C@H]1CCCN1C(=O)C(F)(F)F. The molecular weight excluding hydrogens is 341 g/mol. The molecule has 0 saturated carbocycles. The van der Waals surface area contributed by atoms with Crippen molar-refractivity contribution in [3.8, 4) is 0 Å². The monoisotopic (exact) mass is 354 g/mol. The lowest BCUT2D eigenvalue weighted by Crippen LogP contribution is -2.48. The van der Waals surface area contributed by atoms with Gasteiger partial charge in [-0.25, -0.2) is 4.98 Å². The van der Waals surface area contributed by atoms with Crippen LogP contribution in [0.25, 0.3) is 10.9 Å². The maximum Gasteiger partial charge on any atom is 0.471 e. The van der Waals surface area contributed by atoms with E-state index in [1.165, 1.54) is 18.5 Å². The Labute approximate surface area is 139 Å². The highest BCUT2D eigenvalue weighted by molar-refractivity contribution is 5.91. The summed E-state index contributed by atoms with van der Waals surface area (Å²) in [5, 5.41) is 0.250. The molecule has 0 radical (unpaired) electrons. The molecule has 0 spiro atoms. The fourth-order valence-corrected chi connectivity index (χ4v) is 2.90. The molecule has 1 atom stereocenters. The number of Topliss-reactive ketones (excluding diaryl/α,β-unsaturated/α-hetero) is 1. The summed E-state index contributed by atoms with van der Waals surface area (Å²) < 4.78 is 38.9. The average Bonchev–Trinajstić information content (AvgIpc) is 3.05. The van der Waals surface area contributed by atoms with Gasteiger partial charge in [-0.15, -0.1) is 0 Å². The number of fused-ring (bicyclic) bond motifs is 1. The topological polar surface area (TPSA) is 85.2 Å². The van der Waals surface area contributed by atoms with E-state index in [2.05, 4.69) is 9.97 Å². The molecule has 2 aromatic heterocycles. The van der Waals surface area contributed by atoms with Crippen LogP contribution in [0.3, 0.4) is 0 Å². The highest BCUT2D eigenvalue weighted by atomic mass is 19.4. The van der Waals surface area contributed by atoms with E-state index in [1.807, 2.05) is 0 Å². The maximum atomic E-state index is 12.6. The highest BCUT2D eigenvalue weighted by Gasteiger charge is 2.47. The Morgan fingerprint density at radius 2 is 2.08 bits per heavy atom. The number of likely N-dealkylation sites (tertiary alicyclic amines) is 1. The Hall–Kier alpha value is -2.78. The average molecular weight is 354 g/mol. The molecular formula is C15H13F3N4O3. The number of hydrogen-bond donors (Lipinski definition) is 0. The van der Waals surface area contributed by atoms with E-state index >= 15 is 0 Å². The van der Waals surface area contributed by atoms with Gasteiger partial charge in [-0.05, 0) is 18.9 Å². The van der Waals surface area contributed by atoms with Crippen molar-refractivity contribution in [1.29, 1.82) is 0 Å². The first-order chi connectivity index (χ1) is 11.8. The van der Waals surface area contributed by atoms with Gasteiger partial charge in [0.25, 0.3) is 5.56 Å². The molecule has 25 heavy (non-hydrogen) atoms. The number of nitrogens with zero attached hydrogens (tertiary/aromatic N) is 4. The predicted octanol–water partition coefficient (Wildman–Crippen LogP) is 0.914. The Balaban J connectivity index is 1.84. The minimum Gasteiger partial charge on any atom is -0.325 e. The lowest BCUT2D eigenvalue weighted by atomic mass is 10.1. The minimum atomic E-state index is -5.03. The van der Waals surface area contributed by atoms with Crippen LogP contribution in [0.2, 0.25) is 0 Å². The maximum absolute atomic E-state index is 12.6. The zero-order valence-electron chi connectivity index (χ0n) is 12.9. The number of rotatable bonds is 3. The summed E-state index contributed by atoms with van der Waals surface area (Å²) in [5.41, 5.74) is -0.140. The standard InChI is InChI=1S/C15H13F3N4O3/c16-15(17,18)14(25)22-5-1-2-11(22)12(23)7-21-8-20-10-6-19-4-3-9(10)13(21)24/h3-4,6,8,11H,1-2,5,7H2/t11-/m1/s1. The molecule has 10 heteroatoms. The van der Waals surface area contributed by atoms with Crippen LogP contribution >= 0.6 is 0 Å². The number of aromatic nitrogens is 3. The summed E-state index contributed by atoms with van der Waals surface area (Å²) in [7, 11) is 0. The van der Waals surface area contributed by atoms with Crippen molar-refractivity contribution in [2.45, 2.75) is 31.6 Å². The molecule has 1 aliphatic heterocycles. The van der Waals surface area contributed by atoms with Crippen molar-refractivity contribution in [3.05, 3.63) is 35.1 Å². The molecule has 7 nitrogen and oxygen atoms in total. The molecule has 1 saturated heterocycles. The lowest BCUT2D eigenvalue weighted by molar-refractivity contribution is -0.186. The molecule has 1 aliphatic rings. The number of amides is 1. The van der Waals surface area contributed by atoms with Gasteiger partial charge < -0.3 is 4.90 Å². The van der Waals surface area contributed by atoms with Gasteiger partial charge in [0.15, 0.2) is 5.78 Å². The lowest BCUT2D eigenvalue weighted by Gasteiger charge is -2.24. The van der Waals surface area contributed by atoms with Crippen molar-refractivity contribution in [3.63, 3.8) is 0 Å². The molecule has 2 aromatic rings. The molecule has 0 N–H and O–H groups in total. The first-order valence-electron chi connectivity index (χ1n) is 7.48. The summed E-state index contributed by atoms with van der Waals surface area (Å²) in [6.07, 6.45) is -0.649. The van der Waals surface area contributed by atoms with E-state index in [4.69, 9.17) is 0 Å². The van der Waals surface area contributed by atoms with Crippen molar-refractivity contribution >= 4 is 22.6 Å². The molecule has 132 valence electrons. The molecule has 0 aromatic carbocycles. The third-order valence-corrected chi connectivity index (χ3v) is 4.08. The first kappa shape index (κ1) is 17.1. The summed E-state index contributed by atoms with van der Waals surface area (Å²) in [4.78, 5) is 44.5. The Morgan fingerprint density at radius 1 is 1.32 bits per heavy atom. The van der Waals surface area contributed by atoms with Gasteiger partial charge in [0.1, 0.15) is 0 Å². The second-order valence-corrected chi connectivity index (χ2v) is 5.69. The van der Waals surface area contributed by atoms with Crippen molar-refractivity contribution in [1.82, 2.24) is 19.4 Å². The van der Waals surface area contributed by atoms with Crippen LogP contribution in [0.1, 0.15) is 12.8 Å². The van der Waals surface area contributed by atoms with E-state index in [1.54, 1.807) is 0 Å². The molecule has 0 aliphatic carbocycles. The zero-order chi connectivity index (χ0) is 18.2. The Kier molecular flexibility index (Phi) is 4.27. The van der Waals surface area contributed by atoms with E-state index in [0.29, 0.717) is 16.8 Å². The van der Waals surface area contributed by atoms with Crippen molar-refractivity contribution in [2.75, 3.05) is 6.54 Å². The normalized spacial score (nSPS) is 17.9. The molecule has 0 unspecified atom stereocenters. The molecule has 3 heterocycles. The van der Waals surface area contributed by atoms with Gasteiger partial charge in [-0.1, -0.05) is 0 Å². The van der Waals surface area contributed by atoms with Crippen LogP contribution in [0.5, 0.6) is 0 Å². The highest BCUT2D eigenvalue weighted by Crippen LogP contribution is 2.26. The summed E-state index contributed by atoms with van der Waals surface area (Å²) >= 11 is 0. The van der Waals surface area contributed by atoms with Gasteiger partial charge >= 0.3 is 12.1 Å². The van der Waals surface area contributed by atoms with Crippen LogP contribution in [-0.4, -0.2) is 49.9 Å². The predicted molar refractivity (Wildman–Crippen MR) is 79.6 cm³/mol. The summed E-state index contributed by atoms with van der Waals surface area (Å²) in [6.45, 7) is -0.582. The Morgan fingerprint density at radius 3 is 2.80 bits per heavy atom. The quantitative estimate of drug-likeness (QED) is 0.818. The van der Waals surface area contributed by atoms with Gasteiger partial charge in [-0.3, -0.25) is 23.9 Å². The van der Waals surface area contributed by atoms with Gasteiger partial charge in [0, 0.05) is 12.7 Å². The summed E-state index contributed by atoms with van der Waals surface area (Å²) in [5.74, 6) is -2.66. The number of carbonyl (C=O) groups is 2. The molecule has 1 fully saturated rings. The van der Waals surface area contributed by atoms with Crippen LogP contribution in [0.15, 0.2) is 29.6 Å². The van der Waals surface area contributed by atoms with Gasteiger partial charge in [0.05, 0.1) is 36.0 Å². The second kappa shape index (κ2) is 6.26. The minimum absolute atomic E-state index is 0.134. The fourth-order valence-electron chi connectivity index (χ4n) is 2.90. The first-order valence-corrected chi connectivity index (χ1v) is 7.48. The van der Waals surface area contributed by atoms with Crippen LogP contribution in [0, 0.1) is 0 Å².